The molecule has 3 aromatic carbocycles. The van der Waals surface area contributed by atoms with Gasteiger partial charge in [0.15, 0.2) is 5.82 Å². The lowest BCUT2D eigenvalue weighted by atomic mass is 10.0. The minimum Gasteiger partial charge on any atom is -0.392 e. The molecule has 1 atom stereocenters. The molecule has 0 amide bonds. The third kappa shape index (κ3) is 4.54. The first kappa shape index (κ1) is 23.6. The molecule has 3 N–H and O–H groups in total. The Morgan fingerprint density at radius 1 is 0.897 bits per heavy atom. The monoisotopic (exact) mass is 515 g/mol. The summed E-state index contributed by atoms with van der Waals surface area (Å²) in [6.07, 6.45) is 4.21. The number of anilines is 1. The molecule has 1 aliphatic rings. The number of β-amino-alcohol motifs (C(OH)–C–C–N with tert-alkyl or cyclic N) is 1. The van der Waals surface area contributed by atoms with Crippen LogP contribution in [0.1, 0.15) is 17.5 Å². The average molecular weight is 516 g/mol. The van der Waals surface area contributed by atoms with Crippen LogP contribution in [-0.2, 0) is 13.1 Å². The van der Waals surface area contributed by atoms with Crippen molar-refractivity contribution in [3.8, 4) is 22.4 Å². The summed E-state index contributed by atoms with van der Waals surface area (Å²) < 4.78 is 3.86. The molecular weight excluding hydrogens is 486 g/mol. The molecule has 3 aromatic heterocycles. The highest BCUT2D eigenvalue weighted by Gasteiger charge is 2.21. The number of nitrogens with zero attached hydrogens (tertiary/aromatic N) is 6. The van der Waals surface area contributed by atoms with E-state index in [-0.39, 0.29) is 6.10 Å². The van der Waals surface area contributed by atoms with Gasteiger partial charge in [-0.2, -0.15) is 10.2 Å². The molecule has 1 saturated heterocycles. The minimum absolute atomic E-state index is 0.211. The molecule has 8 nitrogen and oxygen atoms in total. The van der Waals surface area contributed by atoms with Gasteiger partial charge < -0.3 is 10.8 Å². The fraction of sp³-hybridized carbons (Fsp3) is 0.194. The molecule has 6 aromatic rings. The van der Waals surface area contributed by atoms with Gasteiger partial charge in [-0.05, 0) is 35.2 Å². The maximum Gasteiger partial charge on any atom is 0.152 e. The highest BCUT2D eigenvalue weighted by atomic mass is 16.3. The number of likely N-dealkylation sites (tertiary alicyclic amines) is 1. The van der Waals surface area contributed by atoms with Gasteiger partial charge in [0.05, 0.1) is 23.9 Å². The van der Waals surface area contributed by atoms with Crippen LogP contribution in [0.3, 0.4) is 0 Å². The van der Waals surface area contributed by atoms with Crippen molar-refractivity contribution in [3.63, 3.8) is 0 Å². The summed E-state index contributed by atoms with van der Waals surface area (Å²) in [4.78, 5) is 6.58. The van der Waals surface area contributed by atoms with E-state index in [1.807, 2.05) is 27.4 Å². The first-order valence-corrected chi connectivity index (χ1v) is 13.2. The number of rotatable bonds is 6. The highest BCUT2D eigenvalue weighted by Crippen LogP contribution is 2.36. The molecule has 0 aliphatic carbocycles. The van der Waals surface area contributed by atoms with Crippen molar-refractivity contribution in [2.45, 2.75) is 25.6 Å². The van der Waals surface area contributed by atoms with Crippen LogP contribution >= 0.6 is 0 Å². The Morgan fingerprint density at radius 2 is 1.69 bits per heavy atom. The molecule has 194 valence electrons. The van der Waals surface area contributed by atoms with Crippen LogP contribution < -0.4 is 5.73 Å². The number of nitrogens with two attached hydrogens (primary N) is 1. The lowest BCUT2D eigenvalue weighted by Gasteiger charge is -2.15. The summed E-state index contributed by atoms with van der Waals surface area (Å²) >= 11 is 0. The Kier molecular flexibility index (Phi) is 5.83. The number of hydrogen-bond acceptors (Lipinski definition) is 6. The molecular formula is C31H29N7O. The second kappa shape index (κ2) is 9.65. The van der Waals surface area contributed by atoms with Crippen LogP contribution in [0.25, 0.3) is 38.8 Å². The van der Waals surface area contributed by atoms with Gasteiger partial charge in [0.1, 0.15) is 11.8 Å². The van der Waals surface area contributed by atoms with Crippen LogP contribution in [0.4, 0.5) is 5.82 Å². The van der Waals surface area contributed by atoms with Crippen molar-refractivity contribution in [1.82, 2.24) is 29.3 Å². The van der Waals surface area contributed by atoms with Gasteiger partial charge in [0, 0.05) is 42.3 Å². The third-order valence-corrected chi connectivity index (χ3v) is 7.54. The molecule has 7 rings (SSSR count). The highest BCUT2D eigenvalue weighted by molar-refractivity contribution is 5.94. The minimum atomic E-state index is -0.211. The van der Waals surface area contributed by atoms with Crippen molar-refractivity contribution < 1.29 is 5.11 Å². The number of aromatic nitrogens is 5. The Morgan fingerprint density at radius 3 is 2.49 bits per heavy atom. The van der Waals surface area contributed by atoms with Gasteiger partial charge >= 0.3 is 0 Å². The summed E-state index contributed by atoms with van der Waals surface area (Å²) in [6.45, 7) is 3.23. The number of benzene rings is 3. The summed E-state index contributed by atoms with van der Waals surface area (Å²) in [7, 11) is 0. The first-order valence-electron chi connectivity index (χ1n) is 13.2. The lowest BCUT2D eigenvalue weighted by molar-refractivity contribution is 0.175. The van der Waals surface area contributed by atoms with Crippen LogP contribution in [0.5, 0.6) is 0 Å². The van der Waals surface area contributed by atoms with Crippen molar-refractivity contribution >= 4 is 22.2 Å². The van der Waals surface area contributed by atoms with E-state index in [2.05, 4.69) is 81.8 Å². The lowest BCUT2D eigenvalue weighted by Crippen LogP contribution is -2.21. The molecule has 0 saturated carbocycles. The van der Waals surface area contributed by atoms with E-state index in [1.165, 1.54) is 17.5 Å². The Hall–Kier alpha value is -4.53. The van der Waals surface area contributed by atoms with E-state index in [4.69, 9.17) is 10.8 Å². The summed E-state index contributed by atoms with van der Waals surface area (Å²) in [5.41, 5.74) is 14.5. The van der Waals surface area contributed by atoms with Gasteiger partial charge in [0.2, 0.25) is 0 Å². The summed E-state index contributed by atoms with van der Waals surface area (Å²) in [5.74, 6) is 0.435. The molecule has 8 heteroatoms. The van der Waals surface area contributed by atoms with E-state index in [9.17, 15) is 5.11 Å². The van der Waals surface area contributed by atoms with Crippen molar-refractivity contribution in [2.24, 2.45) is 0 Å². The predicted molar refractivity (Wildman–Crippen MR) is 153 cm³/mol. The van der Waals surface area contributed by atoms with E-state index >= 15 is 0 Å². The predicted octanol–water partition coefficient (Wildman–Crippen LogP) is 4.61. The summed E-state index contributed by atoms with van der Waals surface area (Å²) in [5, 5.41) is 20.3. The standard InChI is InChI=1S/C31H29N7O/c32-31-30-27(24-10-11-25-18-37(35-28(25)14-24)17-21-4-2-1-3-5-21)15-29(38(30)34-20-33-31)23-8-6-22(7-9-23)16-36-13-12-26(39)19-36/h1-11,14-15,18,20,26,39H,12-13,16-17,19H2,(H2,32,33,34). The van der Waals surface area contributed by atoms with Gasteiger partial charge in [-0.25, -0.2) is 9.50 Å². The second-order valence-electron chi connectivity index (χ2n) is 10.3. The van der Waals surface area contributed by atoms with E-state index in [0.717, 1.165) is 71.4 Å². The third-order valence-electron chi connectivity index (χ3n) is 7.54. The fourth-order valence-electron chi connectivity index (χ4n) is 5.57. The van der Waals surface area contributed by atoms with Crippen molar-refractivity contribution in [1.29, 1.82) is 0 Å². The zero-order valence-electron chi connectivity index (χ0n) is 21.5. The van der Waals surface area contributed by atoms with E-state index in [1.54, 1.807) is 0 Å². The molecule has 39 heavy (non-hydrogen) atoms. The van der Waals surface area contributed by atoms with Crippen LogP contribution in [0.2, 0.25) is 0 Å². The molecule has 0 radical (unpaired) electrons. The molecule has 1 unspecified atom stereocenters. The average Bonchev–Trinajstić information content (AvgIpc) is 3.66. The molecule has 0 spiro atoms. The molecule has 1 aliphatic heterocycles. The van der Waals surface area contributed by atoms with Crippen LogP contribution in [0, 0.1) is 0 Å². The second-order valence-corrected chi connectivity index (χ2v) is 10.3. The van der Waals surface area contributed by atoms with Gasteiger partial charge in [0.25, 0.3) is 0 Å². The number of aliphatic hydroxyl groups is 1. The molecule has 4 heterocycles. The maximum absolute atomic E-state index is 9.84. The maximum atomic E-state index is 9.84. The van der Waals surface area contributed by atoms with Gasteiger partial charge in [-0.1, -0.05) is 66.7 Å². The number of hydrogen-bond donors (Lipinski definition) is 2. The van der Waals surface area contributed by atoms with E-state index in [0.29, 0.717) is 5.82 Å². The largest absolute Gasteiger partial charge is 0.392 e. The zero-order chi connectivity index (χ0) is 26.3. The van der Waals surface area contributed by atoms with Crippen LogP contribution in [-0.4, -0.2) is 53.6 Å². The topological polar surface area (TPSA) is 97.5 Å². The number of fused-ring (bicyclic) bond motifs is 2. The Labute approximate surface area is 225 Å². The smallest absolute Gasteiger partial charge is 0.152 e. The van der Waals surface area contributed by atoms with Crippen molar-refractivity contribution in [2.75, 3.05) is 18.8 Å². The Bertz CT molecular complexity index is 1770. The molecule has 1 fully saturated rings. The molecule has 0 bridgehead atoms. The normalized spacial score (nSPS) is 16.0. The summed E-state index contributed by atoms with van der Waals surface area (Å²) in [6, 6.07) is 27.3. The Balaban J connectivity index is 1.24. The SMILES string of the molecule is Nc1ncnn2c(-c3ccc(CN4CCC(O)C4)cc3)cc(-c3ccc4cn(Cc5ccccc5)nc4c3)c12. The quantitative estimate of drug-likeness (QED) is 0.336. The number of aliphatic hydroxyl groups excluding tert-OH is 1. The number of nitrogen functional groups attached to an aromatic ring is 1. The van der Waals surface area contributed by atoms with Crippen LogP contribution in [0.15, 0.2) is 91.4 Å². The zero-order valence-corrected chi connectivity index (χ0v) is 21.5. The van der Waals surface area contributed by atoms with Crippen molar-refractivity contribution in [3.05, 3.63) is 103 Å². The fourth-order valence-corrected chi connectivity index (χ4v) is 5.57. The van der Waals surface area contributed by atoms with Gasteiger partial charge in [-0.15, -0.1) is 0 Å². The van der Waals surface area contributed by atoms with Gasteiger partial charge in [-0.3, -0.25) is 9.58 Å². The van der Waals surface area contributed by atoms with E-state index < -0.39 is 0 Å². The first-order chi connectivity index (χ1) is 19.1.